The van der Waals surface area contributed by atoms with Gasteiger partial charge in [-0.3, -0.25) is 0 Å². The van der Waals surface area contributed by atoms with E-state index in [0.29, 0.717) is 16.5 Å². The molecule has 2 rings (SSSR count). The molecule has 0 bridgehead atoms. The van der Waals surface area contributed by atoms with E-state index in [2.05, 4.69) is 31.2 Å². The average molecular weight is 309 g/mol. The van der Waals surface area contributed by atoms with E-state index in [1.165, 1.54) is 11.1 Å². The van der Waals surface area contributed by atoms with Crippen LogP contribution in [0.25, 0.3) is 0 Å². The molecule has 0 aliphatic heterocycles. The van der Waals surface area contributed by atoms with Gasteiger partial charge >= 0.3 is 0 Å². The van der Waals surface area contributed by atoms with E-state index >= 15 is 0 Å². The van der Waals surface area contributed by atoms with Crippen LogP contribution in [0.4, 0.5) is 0 Å². The highest BCUT2D eigenvalue weighted by Gasteiger charge is 2.08. The van der Waals surface area contributed by atoms with Gasteiger partial charge in [-0.2, -0.15) is 0 Å². The third-order valence-electron chi connectivity index (χ3n) is 3.34. The third kappa shape index (κ3) is 4.52. The van der Waals surface area contributed by atoms with Crippen molar-refractivity contribution in [2.24, 2.45) is 0 Å². The lowest BCUT2D eigenvalue weighted by atomic mass is 10.0. The van der Waals surface area contributed by atoms with E-state index in [1.54, 1.807) is 6.07 Å². The van der Waals surface area contributed by atoms with E-state index in [9.17, 15) is 5.11 Å². The van der Waals surface area contributed by atoms with E-state index in [1.807, 2.05) is 12.1 Å². The molecule has 2 aromatic rings. The van der Waals surface area contributed by atoms with Crippen LogP contribution in [0.3, 0.4) is 0 Å². The van der Waals surface area contributed by atoms with E-state index in [4.69, 9.17) is 23.2 Å². The van der Waals surface area contributed by atoms with Gasteiger partial charge in [0.15, 0.2) is 0 Å². The SMILES string of the molecule is Cc1ccc(CCC(O)Cc2ccc(Cl)c(Cl)c2)cc1. The monoisotopic (exact) mass is 308 g/mol. The van der Waals surface area contributed by atoms with Crippen LogP contribution in [0.2, 0.25) is 10.0 Å². The van der Waals surface area contributed by atoms with E-state index in [-0.39, 0.29) is 6.10 Å². The van der Waals surface area contributed by atoms with Crippen molar-refractivity contribution in [3.05, 3.63) is 69.2 Å². The zero-order valence-corrected chi connectivity index (χ0v) is 13.0. The maximum absolute atomic E-state index is 10.1. The minimum atomic E-state index is -0.367. The van der Waals surface area contributed by atoms with Crippen molar-refractivity contribution in [3.63, 3.8) is 0 Å². The molecule has 3 heteroatoms. The Kier molecular flexibility index (Phi) is 5.47. The second-order valence-electron chi connectivity index (χ2n) is 5.13. The first kappa shape index (κ1) is 15.4. The largest absolute Gasteiger partial charge is 0.393 e. The van der Waals surface area contributed by atoms with Crippen molar-refractivity contribution >= 4 is 23.2 Å². The average Bonchev–Trinajstić information content (AvgIpc) is 2.42. The smallest absolute Gasteiger partial charge is 0.0595 e. The number of aliphatic hydroxyl groups excluding tert-OH is 1. The Hall–Kier alpha value is -1.02. The molecule has 0 aliphatic carbocycles. The molecule has 0 amide bonds. The summed E-state index contributed by atoms with van der Waals surface area (Å²) in [5.41, 5.74) is 3.52. The van der Waals surface area contributed by atoms with Gasteiger partial charge in [-0.1, -0.05) is 59.1 Å². The highest BCUT2D eigenvalue weighted by Crippen LogP contribution is 2.23. The lowest BCUT2D eigenvalue weighted by Gasteiger charge is -2.11. The molecule has 0 saturated heterocycles. The maximum Gasteiger partial charge on any atom is 0.0595 e. The summed E-state index contributed by atoms with van der Waals surface area (Å²) < 4.78 is 0. The Morgan fingerprint density at radius 2 is 1.60 bits per heavy atom. The van der Waals surface area contributed by atoms with Crippen LogP contribution in [0.15, 0.2) is 42.5 Å². The second-order valence-corrected chi connectivity index (χ2v) is 5.95. The zero-order valence-electron chi connectivity index (χ0n) is 11.4. The van der Waals surface area contributed by atoms with Crippen molar-refractivity contribution in [3.8, 4) is 0 Å². The van der Waals surface area contributed by atoms with Crippen molar-refractivity contribution in [2.75, 3.05) is 0 Å². The summed E-state index contributed by atoms with van der Waals surface area (Å²) in [5, 5.41) is 11.2. The van der Waals surface area contributed by atoms with Crippen LogP contribution in [-0.2, 0) is 12.8 Å². The van der Waals surface area contributed by atoms with Crippen LogP contribution in [0, 0.1) is 6.92 Å². The van der Waals surface area contributed by atoms with Crippen LogP contribution >= 0.6 is 23.2 Å². The van der Waals surface area contributed by atoms with Crippen LogP contribution in [-0.4, -0.2) is 11.2 Å². The number of benzene rings is 2. The number of hydrogen-bond donors (Lipinski definition) is 1. The minimum Gasteiger partial charge on any atom is -0.393 e. The third-order valence-corrected chi connectivity index (χ3v) is 4.08. The lowest BCUT2D eigenvalue weighted by molar-refractivity contribution is 0.165. The number of hydrogen-bond acceptors (Lipinski definition) is 1. The molecule has 1 atom stereocenters. The van der Waals surface area contributed by atoms with Gasteiger partial charge in [-0.05, 0) is 49.4 Å². The lowest BCUT2D eigenvalue weighted by Crippen LogP contribution is -2.11. The summed E-state index contributed by atoms with van der Waals surface area (Å²) >= 11 is 11.8. The van der Waals surface area contributed by atoms with Gasteiger partial charge in [0.25, 0.3) is 0 Å². The van der Waals surface area contributed by atoms with Crippen LogP contribution in [0.1, 0.15) is 23.1 Å². The fraction of sp³-hybridized carbons (Fsp3) is 0.294. The maximum atomic E-state index is 10.1. The Morgan fingerprint density at radius 1 is 0.950 bits per heavy atom. The standard InChI is InChI=1S/C17H18Cl2O/c1-12-2-4-13(5-3-12)6-8-15(20)10-14-7-9-16(18)17(19)11-14/h2-5,7,9,11,15,20H,6,8,10H2,1H3. The van der Waals surface area contributed by atoms with E-state index < -0.39 is 0 Å². The molecule has 0 spiro atoms. The quantitative estimate of drug-likeness (QED) is 0.838. The zero-order chi connectivity index (χ0) is 14.5. The topological polar surface area (TPSA) is 20.2 Å². The van der Waals surface area contributed by atoms with Crippen molar-refractivity contribution in [2.45, 2.75) is 32.3 Å². The summed E-state index contributed by atoms with van der Waals surface area (Å²) in [6, 6.07) is 13.9. The van der Waals surface area contributed by atoms with Gasteiger partial charge in [0.05, 0.1) is 16.1 Å². The highest BCUT2D eigenvalue weighted by molar-refractivity contribution is 6.42. The van der Waals surface area contributed by atoms with Gasteiger partial charge in [0, 0.05) is 0 Å². The molecule has 0 saturated carbocycles. The van der Waals surface area contributed by atoms with Crippen molar-refractivity contribution < 1.29 is 5.11 Å². The first-order valence-corrected chi connectivity index (χ1v) is 7.48. The fourth-order valence-electron chi connectivity index (χ4n) is 2.13. The van der Waals surface area contributed by atoms with Gasteiger partial charge in [0.2, 0.25) is 0 Å². The van der Waals surface area contributed by atoms with Gasteiger partial charge in [-0.15, -0.1) is 0 Å². The predicted molar refractivity (Wildman–Crippen MR) is 85.7 cm³/mol. The number of aliphatic hydroxyl groups is 1. The molecule has 0 heterocycles. The number of rotatable bonds is 5. The Bertz CT molecular complexity index is 564. The molecular formula is C17H18Cl2O. The molecule has 20 heavy (non-hydrogen) atoms. The summed E-state index contributed by atoms with van der Waals surface area (Å²) in [6.45, 7) is 2.07. The molecule has 1 N–H and O–H groups in total. The molecular weight excluding hydrogens is 291 g/mol. The van der Waals surface area contributed by atoms with Gasteiger partial charge in [-0.25, -0.2) is 0 Å². The predicted octanol–water partition coefficient (Wildman–Crippen LogP) is 4.84. The summed E-state index contributed by atoms with van der Waals surface area (Å²) in [5.74, 6) is 0. The molecule has 0 aromatic heterocycles. The molecule has 1 unspecified atom stereocenters. The van der Waals surface area contributed by atoms with Gasteiger partial charge in [0.1, 0.15) is 0 Å². The fourth-order valence-corrected chi connectivity index (χ4v) is 2.45. The van der Waals surface area contributed by atoms with Crippen molar-refractivity contribution in [1.82, 2.24) is 0 Å². The minimum absolute atomic E-state index is 0.367. The molecule has 0 aliphatic rings. The van der Waals surface area contributed by atoms with Crippen molar-refractivity contribution in [1.29, 1.82) is 0 Å². The highest BCUT2D eigenvalue weighted by atomic mass is 35.5. The Morgan fingerprint density at radius 3 is 2.25 bits per heavy atom. The molecule has 106 valence electrons. The first-order valence-electron chi connectivity index (χ1n) is 6.72. The molecule has 2 aromatic carbocycles. The first-order chi connectivity index (χ1) is 9.54. The number of aryl methyl sites for hydroxylation is 2. The van der Waals surface area contributed by atoms with Crippen LogP contribution < -0.4 is 0 Å². The Balaban J connectivity index is 1.87. The summed E-state index contributed by atoms with van der Waals surface area (Å²) in [7, 11) is 0. The Labute approximate surface area is 130 Å². The molecule has 0 radical (unpaired) electrons. The molecule has 0 fully saturated rings. The van der Waals surface area contributed by atoms with Gasteiger partial charge < -0.3 is 5.11 Å². The van der Waals surface area contributed by atoms with E-state index in [0.717, 1.165) is 18.4 Å². The summed E-state index contributed by atoms with van der Waals surface area (Å²) in [4.78, 5) is 0. The summed E-state index contributed by atoms with van der Waals surface area (Å²) in [6.07, 6.45) is 1.85. The second kappa shape index (κ2) is 7.12. The molecule has 1 nitrogen and oxygen atoms in total. The number of halogens is 2. The normalized spacial score (nSPS) is 12.4. The van der Waals surface area contributed by atoms with Crippen LogP contribution in [0.5, 0.6) is 0 Å².